The molecule has 2 aromatic heterocycles. The molecule has 1 atom stereocenters. The number of hydrogen-bond donors (Lipinski definition) is 0. The van der Waals surface area contributed by atoms with Crippen molar-refractivity contribution in [3.8, 4) is 0 Å². The summed E-state index contributed by atoms with van der Waals surface area (Å²) in [5.41, 5.74) is 0. The Hall–Kier alpha value is -1.74. The highest BCUT2D eigenvalue weighted by molar-refractivity contribution is 7.89. The summed E-state index contributed by atoms with van der Waals surface area (Å²) < 4.78 is 31.2. The molecule has 8 nitrogen and oxygen atoms in total. The van der Waals surface area contributed by atoms with E-state index in [2.05, 4.69) is 19.9 Å². The minimum atomic E-state index is -3.56. The third-order valence-electron chi connectivity index (χ3n) is 4.93. The Labute approximate surface area is 141 Å². The summed E-state index contributed by atoms with van der Waals surface area (Å²) in [6.07, 6.45) is 8.93. The maximum atomic E-state index is 13.0. The fourth-order valence-corrected chi connectivity index (χ4v) is 5.35. The van der Waals surface area contributed by atoms with Crippen molar-refractivity contribution in [3.63, 3.8) is 0 Å². The Morgan fingerprint density at radius 3 is 2.79 bits per heavy atom. The standard InChI is InChI=1S/C15H22N6O2S/c1-19-11-12(10-16-19)24(22,23)21-9-5-6-13(21)15-18-17-14-7-3-2-4-8-20(14)15/h10-11,13H,2-9H2,1H3/t13-/m0/s1. The van der Waals surface area contributed by atoms with Gasteiger partial charge in [-0.25, -0.2) is 8.42 Å². The second-order valence-corrected chi connectivity index (χ2v) is 8.45. The van der Waals surface area contributed by atoms with Crippen LogP contribution in [0.25, 0.3) is 0 Å². The molecule has 9 heteroatoms. The lowest BCUT2D eigenvalue weighted by molar-refractivity contribution is 0.370. The molecule has 0 aromatic carbocycles. The van der Waals surface area contributed by atoms with Crippen LogP contribution in [0.3, 0.4) is 0 Å². The smallest absolute Gasteiger partial charge is 0.246 e. The number of hydrogen-bond acceptors (Lipinski definition) is 5. The molecule has 4 rings (SSSR count). The van der Waals surface area contributed by atoms with Gasteiger partial charge in [0.15, 0.2) is 5.82 Å². The van der Waals surface area contributed by atoms with Crippen LogP contribution in [0.1, 0.15) is 49.8 Å². The third-order valence-corrected chi connectivity index (χ3v) is 6.79. The van der Waals surface area contributed by atoms with Gasteiger partial charge in [-0.05, 0) is 25.7 Å². The van der Waals surface area contributed by atoms with Crippen molar-refractivity contribution >= 4 is 10.0 Å². The minimum absolute atomic E-state index is 0.227. The van der Waals surface area contributed by atoms with Crippen molar-refractivity contribution < 1.29 is 8.42 Å². The van der Waals surface area contributed by atoms with Gasteiger partial charge < -0.3 is 4.57 Å². The van der Waals surface area contributed by atoms with E-state index in [-0.39, 0.29) is 10.9 Å². The van der Waals surface area contributed by atoms with Gasteiger partial charge in [-0.2, -0.15) is 9.40 Å². The van der Waals surface area contributed by atoms with Crippen LogP contribution in [-0.4, -0.2) is 43.8 Å². The monoisotopic (exact) mass is 350 g/mol. The highest BCUT2D eigenvalue weighted by Crippen LogP contribution is 2.36. The molecule has 0 spiro atoms. The highest BCUT2D eigenvalue weighted by atomic mass is 32.2. The predicted octanol–water partition coefficient (Wildman–Crippen LogP) is 1.26. The summed E-state index contributed by atoms with van der Waals surface area (Å²) >= 11 is 0. The molecule has 4 heterocycles. The first-order chi connectivity index (χ1) is 11.6. The van der Waals surface area contributed by atoms with Crippen molar-refractivity contribution in [2.24, 2.45) is 7.05 Å². The van der Waals surface area contributed by atoms with E-state index in [1.54, 1.807) is 17.5 Å². The lowest BCUT2D eigenvalue weighted by Crippen LogP contribution is -2.32. The Kier molecular flexibility index (Phi) is 3.92. The maximum Gasteiger partial charge on any atom is 0.246 e. The van der Waals surface area contributed by atoms with Crippen molar-refractivity contribution in [2.75, 3.05) is 6.54 Å². The fraction of sp³-hybridized carbons (Fsp3) is 0.667. The van der Waals surface area contributed by atoms with Gasteiger partial charge in [0.1, 0.15) is 10.7 Å². The summed E-state index contributed by atoms with van der Waals surface area (Å²) in [5.74, 6) is 1.80. The summed E-state index contributed by atoms with van der Waals surface area (Å²) in [5, 5.41) is 12.7. The Morgan fingerprint density at radius 1 is 1.12 bits per heavy atom. The first-order valence-corrected chi connectivity index (χ1v) is 9.94. The molecule has 0 unspecified atom stereocenters. The van der Waals surface area contributed by atoms with E-state index in [4.69, 9.17) is 0 Å². The first-order valence-electron chi connectivity index (χ1n) is 8.50. The number of nitrogens with zero attached hydrogens (tertiary/aromatic N) is 6. The van der Waals surface area contributed by atoms with Gasteiger partial charge in [-0.1, -0.05) is 6.42 Å². The quantitative estimate of drug-likeness (QED) is 0.832. The molecule has 2 aliphatic rings. The zero-order chi connectivity index (χ0) is 16.7. The molecule has 2 aromatic rings. The Morgan fingerprint density at radius 2 is 2.00 bits per heavy atom. The molecule has 0 aliphatic carbocycles. The molecule has 24 heavy (non-hydrogen) atoms. The second-order valence-electron chi connectivity index (χ2n) is 6.56. The first kappa shape index (κ1) is 15.8. The van der Waals surface area contributed by atoms with Crippen molar-refractivity contribution in [1.29, 1.82) is 0 Å². The zero-order valence-corrected chi connectivity index (χ0v) is 14.6. The van der Waals surface area contributed by atoms with Crippen LogP contribution in [0.4, 0.5) is 0 Å². The number of sulfonamides is 1. The molecule has 0 N–H and O–H groups in total. The zero-order valence-electron chi connectivity index (χ0n) is 13.8. The number of rotatable bonds is 3. The SMILES string of the molecule is Cn1cc(S(=O)(=O)N2CCC[C@H]2c2nnc3n2CCCCC3)cn1. The van der Waals surface area contributed by atoms with E-state index in [0.29, 0.717) is 6.54 Å². The molecule has 1 fully saturated rings. The Balaban J connectivity index is 1.70. The Bertz CT molecular complexity index is 840. The summed E-state index contributed by atoms with van der Waals surface area (Å²) in [7, 11) is -1.84. The van der Waals surface area contributed by atoms with E-state index in [1.807, 2.05) is 0 Å². The van der Waals surface area contributed by atoms with E-state index < -0.39 is 10.0 Å². The van der Waals surface area contributed by atoms with Gasteiger partial charge >= 0.3 is 0 Å². The van der Waals surface area contributed by atoms with Crippen LogP contribution >= 0.6 is 0 Å². The normalized spacial score (nSPS) is 22.5. The lowest BCUT2D eigenvalue weighted by atomic mass is 10.2. The van der Waals surface area contributed by atoms with E-state index >= 15 is 0 Å². The van der Waals surface area contributed by atoms with Crippen LogP contribution in [0.5, 0.6) is 0 Å². The van der Waals surface area contributed by atoms with Gasteiger partial charge in [-0.15, -0.1) is 10.2 Å². The van der Waals surface area contributed by atoms with Crippen molar-refractivity contribution in [2.45, 2.75) is 56.0 Å². The van der Waals surface area contributed by atoms with Crippen LogP contribution in [0, 0.1) is 0 Å². The van der Waals surface area contributed by atoms with Crippen molar-refractivity contribution in [1.82, 2.24) is 28.9 Å². The average molecular weight is 350 g/mol. The molecule has 0 bridgehead atoms. The minimum Gasteiger partial charge on any atom is -0.314 e. The predicted molar refractivity (Wildman–Crippen MR) is 86.7 cm³/mol. The average Bonchev–Trinajstić information content (AvgIpc) is 3.24. The van der Waals surface area contributed by atoms with Gasteiger partial charge in [0.05, 0.1) is 12.2 Å². The number of aromatic nitrogens is 5. The van der Waals surface area contributed by atoms with E-state index in [1.165, 1.54) is 17.3 Å². The number of fused-ring (bicyclic) bond motifs is 1. The largest absolute Gasteiger partial charge is 0.314 e. The van der Waals surface area contributed by atoms with Gasteiger partial charge in [0, 0.05) is 32.8 Å². The molecule has 1 saturated heterocycles. The molecule has 130 valence electrons. The molecular weight excluding hydrogens is 328 g/mol. The van der Waals surface area contributed by atoms with E-state index in [0.717, 1.165) is 50.3 Å². The lowest BCUT2D eigenvalue weighted by Gasteiger charge is -2.23. The summed E-state index contributed by atoms with van der Waals surface area (Å²) in [6.45, 7) is 1.40. The van der Waals surface area contributed by atoms with Gasteiger partial charge in [-0.3, -0.25) is 4.68 Å². The van der Waals surface area contributed by atoms with Crippen LogP contribution in [0.2, 0.25) is 0 Å². The van der Waals surface area contributed by atoms with Gasteiger partial charge in [0.2, 0.25) is 10.0 Å². The van der Waals surface area contributed by atoms with Crippen LogP contribution < -0.4 is 0 Å². The number of aryl methyl sites for hydroxylation is 2. The molecule has 2 aliphatic heterocycles. The third kappa shape index (κ3) is 2.55. The summed E-state index contributed by atoms with van der Waals surface area (Å²) in [4.78, 5) is 0.243. The van der Waals surface area contributed by atoms with E-state index in [9.17, 15) is 8.42 Å². The topological polar surface area (TPSA) is 85.9 Å². The van der Waals surface area contributed by atoms with Crippen LogP contribution in [-0.2, 0) is 30.0 Å². The van der Waals surface area contributed by atoms with Crippen molar-refractivity contribution in [3.05, 3.63) is 24.0 Å². The fourth-order valence-electron chi connectivity index (χ4n) is 3.71. The molecule has 0 saturated carbocycles. The summed E-state index contributed by atoms with van der Waals surface area (Å²) in [6, 6.07) is -0.227. The second kappa shape index (κ2) is 5.96. The highest BCUT2D eigenvalue weighted by Gasteiger charge is 2.39. The maximum absolute atomic E-state index is 13.0. The molecule has 0 radical (unpaired) electrons. The molecule has 0 amide bonds. The van der Waals surface area contributed by atoms with Gasteiger partial charge in [0.25, 0.3) is 0 Å². The molecular formula is C15H22N6O2S. The van der Waals surface area contributed by atoms with Crippen LogP contribution in [0.15, 0.2) is 17.3 Å².